The van der Waals surface area contributed by atoms with E-state index in [-0.39, 0.29) is 17.2 Å². The Morgan fingerprint density at radius 3 is 2.32 bits per heavy atom. The predicted octanol–water partition coefficient (Wildman–Crippen LogP) is 6.00. The lowest BCUT2D eigenvalue weighted by Crippen LogP contribution is -2.31. The Hall–Kier alpha value is -2.69. The average Bonchev–Trinajstić information content (AvgIpc) is 2.94. The number of fused-ring (bicyclic) bond motifs is 1. The second-order valence-electron chi connectivity index (χ2n) is 10.1. The summed E-state index contributed by atoms with van der Waals surface area (Å²) in [5.41, 5.74) is 4.45. The van der Waals surface area contributed by atoms with E-state index in [0.29, 0.717) is 6.42 Å². The Morgan fingerprint density at radius 1 is 1.06 bits per heavy atom. The van der Waals surface area contributed by atoms with Crippen molar-refractivity contribution >= 4 is 11.6 Å². The van der Waals surface area contributed by atoms with E-state index in [4.69, 9.17) is 14.2 Å². The molecule has 5 nitrogen and oxygen atoms in total. The summed E-state index contributed by atoms with van der Waals surface area (Å²) in [5, 5.41) is 3.14. The zero-order chi connectivity index (χ0) is 23.1. The van der Waals surface area contributed by atoms with Gasteiger partial charge < -0.3 is 19.5 Å². The van der Waals surface area contributed by atoms with E-state index in [9.17, 15) is 4.79 Å². The summed E-state index contributed by atoms with van der Waals surface area (Å²) in [5.74, 6) is 2.35. The first-order valence-electron chi connectivity index (χ1n) is 10.7. The van der Waals surface area contributed by atoms with E-state index in [1.807, 2.05) is 25.1 Å². The van der Waals surface area contributed by atoms with Crippen LogP contribution in [0, 0.1) is 19.3 Å². The fourth-order valence-electron chi connectivity index (χ4n) is 4.37. The first kappa shape index (κ1) is 23.0. The monoisotopic (exact) mass is 425 g/mol. The van der Waals surface area contributed by atoms with Crippen molar-refractivity contribution in [3.63, 3.8) is 0 Å². The minimum Gasteiger partial charge on any atom is -0.497 e. The van der Waals surface area contributed by atoms with E-state index < -0.39 is 5.60 Å². The lowest BCUT2D eigenvalue weighted by molar-refractivity contribution is -0.117. The third kappa shape index (κ3) is 4.51. The smallest absolute Gasteiger partial charge is 0.224 e. The molecule has 0 bridgehead atoms. The molecule has 31 heavy (non-hydrogen) atoms. The Balaban J connectivity index is 2.11. The van der Waals surface area contributed by atoms with E-state index in [1.54, 1.807) is 14.2 Å². The second kappa shape index (κ2) is 8.10. The molecule has 1 amide bonds. The number of amides is 1. The maximum absolute atomic E-state index is 12.7. The molecule has 0 fully saturated rings. The minimum absolute atomic E-state index is 0.0201. The van der Waals surface area contributed by atoms with E-state index >= 15 is 0 Å². The largest absolute Gasteiger partial charge is 0.497 e. The number of hydrogen-bond acceptors (Lipinski definition) is 4. The molecule has 0 aliphatic carbocycles. The third-order valence-corrected chi connectivity index (χ3v) is 5.96. The molecule has 5 heteroatoms. The highest BCUT2D eigenvalue weighted by Gasteiger charge is 2.45. The van der Waals surface area contributed by atoms with Crippen LogP contribution < -0.4 is 19.5 Å². The van der Waals surface area contributed by atoms with Gasteiger partial charge in [-0.3, -0.25) is 4.79 Å². The molecule has 2 aromatic rings. The van der Waals surface area contributed by atoms with Crippen molar-refractivity contribution in [3.8, 4) is 17.2 Å². The third-order valence-electron chi connectivity index (χ3n) is 5.96. The number of anilines is 1. The van der Waals surface area contributed by atoms with Crippen molar-refractivity contribution in [2.45, 2.75) is 66.4 Å². The molecule has 1 atom stereocenters. The van der Waals surface area contributed by atoms with Crippen molar-refractivity contribution in [2.24, 2.45) is 5.41 Å². The normalized spacial score (nSPS) is 17.0. The molecule has 1 heterocycles. The van der Waals surface area contributed by atoms with Gasteiger partial charge in [0.25, 0.3) is 0 Å². The molecule has 1 unspecified atom stereocenters. The molecule has 0 spiro atoms. The summed E-state index contributed by atoms with van der Waals surface area (Å²) in [4.78, 5) is 12.7. The molecular formula is C26H35NO4. The van der Waals surface area contributed by atoms with Crippen molar-refractivity contribution in [1.29, 1.82) is 0 Å². The summed E-state index contributed by atoms with van der Waals surface area (Å²) in [7, 11) is 3.31. The summed E-state index contributed by atoms with van der Waals surface area (Å²) < 4.78 is 17.6. The molecule has 3 rings (SSSR count). The number of methoxy groups -OCH3 is 2. The van der Waals surface area contributed by atoms with Crippen LogP contribution in [0.2, 0.25) is 0 Å². The maximum Gasteiger partial charge on any atom is 0.224 e. The van der Waals surface area contributed by atoms with Crippen molar-refractivity contribution < 1.29 is 19.0 Å². The molecule has 0 saturated carbocycles. The van der Waals surface area contributed by atoms with Gasteiger partial charge in [0.05, 0.1) is 20.1 Å². The van der Waals surface area contributed by atoms with Crippen molar-refractivity contribution in [3.05, 3.63) is 46.5 Å². The highest BCUT2D eigenvalue weighted by Crippen LogP contribution is 2.53. The van der Waals surface area contributed by atoms with Gasteiger partial charge in [-0.05, 0) is 56.4 Å². The number of carbonyl (C=O) groups excluding carboxylic acids is 1. The van der Waals surface area contributed by atoms with Gasteiger partial charge in [-0.2, -0.15) is 0 Å². The van der Waals surface area contributed by atoms with Crippen LogP contribution in [0.4, 0.5) is 5.69 Å². The van der Waals surface area contributed by atoms with Gasteiger partial charge in [0.1, 0.15) is 22.8 Å². The summed E-state index contributed by atoms with van der Waals surface area (Å²) in [6.07, 6.45) is 0.459. The molecule has 1 aliphatic heterocycles. The summed E-state index contributed by atoms with van der Waals surface area (Å²) in [6.45, 7) is 14.5. The van der Waals surface area contributed by atoms with Crippen LogP contribution in [-0.4, -0.2) is 25.7 Å². The number of benzene rings is 2. The second-order valence-corrected chi connectivity index (χ2v) is 10.1. The van der Waals surface area contributed by atoms with Gasteiger partial charge in [-0.25, -0.2) is 0 Å². The molecular weight excluding hydrogens is 390 g/mol. The number of nitrogens with one attached hydrogen (secondary N) is 1. The quantitative estimate of drug-likeness (QED) is 0.638. The van der Waals surface area contributed by atoms with Gasteiger partial charge in [0.15, 0.2) is 0 Å². The van der Waals surface area contributed by atoms with Crippen LogP contribution in [0.1, 0.15) is 69.2 Å². The fraction of sp³-hybridized carbons (Fsp3) is 0.500. The van der Waals surface area contributed by atoms with Crippen LogP contribution in [0.25, 0.3) is 0 Å². The molecule has 2 aromatic carbocycles. The van der Waals surface area contributed by atoms with Crippen LogP contribution in [-0.2, 0) is 4.79 Å². The first-order valence-corrected chi connectivity index (χ1v) is 10.7. The van der Waals surface area contributed by atoms with Gasteiger partial charge in [0, 0.05) is 29.3 Å². The van der Waals surface area contributed by atoms with Gasteiger partial charge in [0.2, 0.25) is 5.91 Å². The van der Waals surface area contributed by atoms with Crippen molar-refractivity contribution in [2.75, 3.05) is 19.5 Å². The number of carbonyl (C=O) groups is 1. The standard InChI is InChI=1S/C26H35NO4/c1-15-16(2)24-19(13-20(15)27-22(28)14-25(3,4)5)23(26(6,7)31-24)18-11-10-17(29-8)12-21(18)30-9/h10-13,23H,14H2,1-9H3,(H,27,28). The Bertz CT molecular complexity index is 1000. The topological polar surface area (TPSA) is 56.8 Å². The zero-order valence-electron chi connectivity index (χ0n) is 20.2. The average molecular weight is 426 g/mol. The van der Waals surface area contributed by atoms with E-state index in [1.165, 1.54) is 0 Å². The molecule has 168 valence electrons. The van der Waals surface area contributed by atoms with Crippen LogP contribution in [0.15, 0.2) is 24.3 Å². The Morgan fingerprint density at radius 2 is 1.74 bits per heavy atom. The zero-order valence-corrected chi connectivity index (χ0v) is 20.2. The molecule has 0 radical (unpaired) electrons. The highest BCUT2D eigenvalue weighted by atomic mass is 16.5. The van der Waals surface area contributed by atoms with Crippen LogP contribution in [0.3, 0.4) is 0 Å². The van der Waals surface area contributed by atoms with Crippen LogP contribution in [0.5, 0.6) is 17.2 Å². The lowest BCUT2D eigenvalue weighted by atomic mass is 9.80. The summed E-state index contributed by atoms with van der Waals surface area (Å²) in [6, 6.07) is 7.95. The molecule has 0 saturated heterocycles. The number of rotatable bonds is 5. The number of hydrogen-bond donors (Lipinski definition) is 1. The summed E-state index contributed by atoms with van der Waals surface area (Å²) >= 11 is 0. The molecule has 0 aromatic heterocycles. The Labute approximate surface area is 186 Å². The van der Waals surface area contributed by atoms with Gasteiger partial charge in [-0.15, -0.1) is 0 Å². The highest BCUT2D eigenvalue weighted by molar-refractivity contribution is 5.92. The van der Waals surface area contributed by atoms with Gasteiger partial charge >= 0.3 is 0 Å². The minimum atomic E-state index is -0.477. The molecule has 1 N–H and O–H groups in total. The first-order chi connectivity index (χ1) is 14.4. The van der Waals surface area contributed by atoms with Gasteiger partial charge in [-0.1, -0.05) is 26.8 Å². The Kier molecular flexibility index (Phi) is 6.01. The predicted molar refractivity (Wildman–Crippen MR) is 125 cm³/mol. The van der Waals surface area contributed by atoms with Crippen molar-refractivity contribution in [1.82, 2.24) is 0 Å². The van der Waals surface area contributed by atoms with E-state index in [2.05, 4.69) is 52.9 Å². The van der Waals surface area contributed by atoms with Crippen LogP contribution >= 0.6 is 0 Å². The molecule has 1 aliphatic rings. The maximum atomic E-state index is 12.7. The SMILES string of the molecule is COc1ccc(C2c3cc(NC(=O)CC(C)(C)C)c(C)c(C)c3OC2(C)C)c(OC)c1. The lowest BCUT2D eigenvalue weighted by Gasteiger charge is -2.28. The number of ether oxygens (including phenoxy) is 3. The fourth-order valence-corrected chi connectivity index (χ4v) is 4.37. The van der Waals surface area contributed by atoms with E-state index in [0.717, 1.165) is 45.2 Å².